The molecule has 0 amide bonds. The zero-order chi connectivity index (χ0) is 14.9. The second-order valence-electron chi connectivity index (χ2n) is 5.43. The lowest BCUT2D eigenvalue weighted by Gasteiger charge is -2.07. The molecule has 22 heavy (non-hydrogen) atoms. The van der Waals surface area contributed by atoms with E-state index in [9.17, 15) is 4.79 Å². The fourth-order valence-corrected chi connectivity index (χ4v) is 2.53. The van der Waals surface area contributed by atoms with E-state index in [0.29, 0.717) is 12.2 Å². The van der Waals surface area contributed by atoms with Crippen LogP contribution in [0.15, 0.2) is 42.5 Å². The van der Waals surface area contributed by atoms with Gasteiger partial charge in [0.25, 0.3) is 0 Å². The van der Waals surface area contributed by atoms with Gasteiger partial charge in [0.15, 0.2) is 0 Å². The van der Waals surface area contributed by atoms with Gasteiger partial charge in [0.1, 0.15) is 0 Å². The summed E-state index contributed by atoms with van der Waals surface area (Å²) in [4.78, 5) is 12.2. The zero-order valence-corrected chi connectivity index (χ0v) is 13.5. The highest BCUT2D eigenvalue weighted by Gasteiger charge is 2.10. The molecule has 0 saturated heterocycles. The maximum absolute atomic E-state index is 12.2. The Morgan fingerprint density at radius 3 is 2.41 bits per heavy atom. The molecule has 0 bridgehead atoms. The van der Waals surface area contributed by atoms with Gasteiger partial charge in [-0.15, -0.1) is 0 Å². The third kappa shape index (κ3) is 5.15. The maximum atomic E-state index is 12.2. The molecule has 3 heteroatoms. The van der Waals surface area contributed by atoms with Crippen LogP contribution in [0.5, 0.6) is 0 Å². The van der Waals surface area contributed by atoms with Gasteiger partial charge >= 0.3 is 5.97 Å². The third-order valence-corrected chi connectivity index (χ3v) is 3.74. The van der Waals surface area contributed by atoms with Gasteiger partial charge in [-0.25, -0.2) is 4.79 Å². The normalized spacial score (nSPS) is 10.2. The molecule has 3 nitrogen and oxygen atoms in total. The van der Waals surface area contributed by atoms with Crippen molar-refractivity contribution < 1.29 is 9.53 Å². The average molecular weight is 301 g/mol. The fraction of sp³-hybridized carbons (Fsp3) is 0.421. The van der Waals surface area contributed by atoms with Crippen LogP contribution in [-0.4, -0.2) is 12.6 Å². The molecule has 0 spiro atoms. The largest absolute Gasteiger partial charge is 0.462 e. The van der Waals surface area contributed by atoms with Gasteiger partial charge in [0, 0.05) is 0 Å². The number of esters is 1. The minimum Gasteiger partial charge on any atom is -0.462 e. The van der Waals surface area contributed by atoms with Crippen molar-refractivity contribution in [3.63, 3.8) is 0 Å². The van der Waals surface area contributed by atoms with E-state index >= 15 is 0 Å². The Bertz CT molecular complexity index is 575. The van der Waals surface area contributed by atoms with E-state index in [1.54, 1.807) is 0 Å². The van der Waals surface area contributed by atoms with Gasteiger partial charge < -0.3 is 10.9 Å². The minimum atomic E-state index is -0.208. The van der Waals surface area contributed by atoms with Gasteiger partial charge in [-0.1, -0.05) is 75.4 Å². The smallest absolute Gasteiger partial charge is 0.338 e. The molecule has 0 radical (unpaired) electrons. The Kier molecular flexibility index (Phi) is 8.23. The molecule has 2 aromatic rings. The number of fused-ring (bicyclic) bond motifs is 1. The van der Waals surface area contributed by atoms with Crippen LogP contribution in [0.4, 0.5) is 0 Å². The van der Waals surface area contributed by atoms with Gasteiger partial charge in [-0.05, 0) is 23.3 Å². The Labute approximate surface area is 133 Å². The van der Waals surface area contributed by atoms with E-state index < -0.39 is 0 Å². The van der Waals surface area contributed by atoms with Crippen LogP contribution in [0.25, 0.3) is 10.8 Å². The Balaban J connectivity index is 0.00000242. The molecule has 0 aliphatic heterocycles. The van der Waals surface area contributed by atoms with E-state index in [-0.39, 0.29) is 12.1 Å². The Morgan fingerprint density at radius 1 is 0.909 bits per heavy atom. The van der Waals surface area contributed by atoms with Crippen molar-refractivity contribution >= 4 is 16.7 Å². The summed E-state index contributed by atoms with van der Waals surface area (Å²) in [6.07, 6.45) is 7.18. The molecule has 0 aliphatic carbocycles. The lowest BCUT2D eigenvalue weighted by Crippen LogP contribution is -2.07. The van der Waals surface area contributed by atoms with Crippen molar-refractivity contribution in [3.05, 3.63) is 48.0 Å². The molecule has 2 aromatic carbocycles. The number of benzene rings is 2. The van der Waals surface area contributed by atoms with Crippen LogP contribution in [-0.2, 0) is 4.74 Å². The van der Waals surface area contributed by atoms with Crippen LogP contribution in [0, 0.1) is 0 Å². The van der Waals surface area contributed by atoms with E-state index in [2.05, 4.69) is 6.92 Å². The zero-order valence-electron chi connectivity index (χ0n) is 13.5. The summed E-state index contributed by atoms with van der Waals surface area (Å²) in [5.41, 5.74) is 0.666. The van der Waals surface area contributed by atoms with Crippen LogP contribution in [0.1, 0.15) is 55.8 Å². The first-order valence-corrected chi connectivity index (χ1v) is 7.98. The van der Waals surface area contributed by atoms with Gasteiger partial charge in [-0.2, -0.15) is 0 Å². The number of hydrogen-bond acceptors (Lipinski definition) is 3. The number of hydrogen-bond donors (Lipinski definition) is 1. The predicted octanol–water partition coefficient (Wildman–Crippen LogP) is 5.52. The first-order chi connectivity index (χ1) is 10.3. The molecule has 0 atom stereocenters. The summed E-state index contributed by atoms with van der Waals surface area (Å²) in [5, 5.41) is 2.04. The summed E-state index contributed by atoms with van der Waals surface area (Å²) in [7, 11) is 0. The summed E-state index contributed by atoms with van der Waals surface area (Å²) in [6.45, 7) is 2.74. The molecule has 0 saturated carbocycles. The number of ether oxygens (including phenoxy) is 1. The SMILES string of the molecule is CCCCCCCCOC(=O)c1cccc2ccccc12.N. The number of carbonyl (C=O) groups is 1. The van der Waals surface area contributed by atoms with Crippen molar-refractivity contribution in [1.29, 1.82) is 0 Å². The van der Waals surface area contributed by atoms with Gasteiger partial charge in [-0.3, -0.25) is 0 Å². The fourth-order valence-electron chi connectivity index (χ4n) is 2.53. The van der Waals surface area contributed by atoms with E-state index in [1.165, 1.54) is 25.7 Å². The summed E-state index contributed by atoms with van der Waals surface area (Å²) < 4.78 is 5.40. The van der Waals surface area contributed by atoms with Gasteiger partial charge in [0.05, 0.1) is 12.2 Å². The predicted molar refractivity (Wildman–Crippen MR) is 92.6 cm³/mol. The summed E-state index contributed by atoms with van der Waals surface area (Å²) in [5.74, 6) is -0.208. The molecule has 0 aromatic heterocycles. The number of rotatable bonds is 8. The molecule has 0 unspecified atom stereocenters. The van der Waals surface area contributed by atoms with E-state index in [1.807, 2.05) is 42.5 Å². The highest BCUT2D eigenvalue weighted by Crippen LogP contribution is 2.19. The van der Waals surface area contributed by atoms with E-state index in [0.717, 1.165) is 23.6 Å². The number of unbranched alkanes of at least 4 members (excludes halogenated alkanes) is 5. The van der Waals surface area contributed by atoms with Crippen LogP contribution in [0.3, 0.4) is 0 Å². The van der Waals surface area contributed by atoms with Crippen molar-refractivity contribution in [2.24, 2.45) is 0 Å². The Hall–Kier alpha value is -1.87. The van der Waals surface area contributed by atoms with Crippen molar-refractivity contribution in [3.8, 4) is 0 Å². The average Bonchev–Trinajstić information content (AvgIpc) is 2.53. The molecule has 0 aliphatic rings. The third-order valence-electron chi connectivity index (χ3n) is 3.74. The van der Waals surface area contributed by atoms with Crippen molar-refractivity contribution in [1.82, 2.24) is 6.15 Å². The second kappa shape index (κ2) is 9.96. The molecular formula is C19H27NO2. The molecule has 2 rings (SSSR count). The van der Waals surface area contributed by atoms with Crippen molar-refractivity contribution in [2.75, 3.05) is 6.61 Å². The lowest BCUT2D eigenvalue weighted by molar-refractivity contribution is 0.0500. The lowest BCUT2D eigenvalue weighted by atomic mass is 10.0. The second-order valence-corrected chi connectivity index (χ2v) is 5.43. The molecule has 0 heterocycles. The first kappa shape index (κ1) is 18.2. The van der Waals surface area contributed by atoms with E-state index in [4.69, 9.17) is 4.74 Å². The number of carbonyl (C=O) groups excluding carboxylic acids is 1. The topological polar surface area (TPSA) is 61.3 Å². The highest BCUT2D eigenvalue weighted by atomic mass is 16.5. The Morgan fingerprint density at radius 2 is 1.59 bits per heavy atom. The molecule has 3 N–H and O–H groups in total. The monoisotopic (exact) mass is 301 g/mol. The standard InChI is InChI=1S/C19H24O2.H3N/c1-2-3-4-5-6-9-15-21-19(20)18-14-10-12-16-11-7-8-13-17(16)18;/h7-8,10-14H,2-6,9,15H2,1H3;1H3. The minimum absolute atomic E-state index is 0. The highest BCUT2D eigenvalue weighted by molar-refractivity contribution is 6.04. The van der Waals surface area contributed by atoms with Gasteiger partial charge in [0.2, 0.25) is 0 Å². The van der Waals surface area contributed by atoms with Crippen molar-refractivity contribution in [2.45, 2.75) is 45.4 Å². The molecule has 120 valence electrons. The van der Waals surface area contributed by atoms with Crippen LogP contribution < -0.4 is 6.15 Å². The van der Waals surface area contributed by atoms with Crippen LogP contribution >= 0.6 is 0 Å². The molecule has 0 fully saturated rings. The summed E-state index contributed by atoms with van der Waals surface area (Å²) in [6, 6.07) is 13.7. The quantitative estimate of drug-likeness (QED) is 0.516. The van der Waals surface area contributed by atoms with Crippen LogP contribution in [0.2, 0.25) is 0 Å². The maximum Gasteiger partial charge on any atom is 0.338 e. The molecular weight excluding hydrogens is 274 g/mol. The first-order valence-electron chi connectivity index (χ1n) is 7.98. The summed E-state index contributed by atoms with van der Waals surface area (Å²) >= 11 is 0.